The maximum Gasteiger partial charge on any atom is 0.180 e. The van der Waals surface area contributed by atoms with Crippen LogP contribution in [0.2, 0.25) is 0 Å². The molecule has 4 nitrogen and oxygen atoms in total. The number of ketones is 1. The van der Waals surface area contributed by atoms with Crippen LogP contribution in [-0.2, 0) is 4.74 Å². The van der Waals surface area contributed by atoms with Crippen molar-refractivity contribution in [1.82, 2.24) is 4.90 Å². The summed E-state index contributed by atoms with van der Waals surface area (Å²) in [6, 6.07) is 3.54. The van der Waals surface area contributed by atoms with Crippen molar-refractivity contribution >= 4 is 5.78 Å². The molecule has 0 unspecified atom stereocenters. The van der Waals surface area contributed by atoms with Gasteiger partial charge in [0, 0.05) is 19.7 Å². The zero-order chi connectivity index (χ0) is 14.4. The molecule has 106 valence electrons. The lowest BCUT2D eigenvalue weighted by molar-refractivity contribution is 0.0849. The van der Waals surface area contributed by atoms with E-state index in [9.17, 15) is 14.3 Å². The molecular formula is C14H20FNO3. The fraction of sp³-hybridized carbons (Fsp3) is 0.500. The van der Waals surface area contributed by atoms with Gasteiger partial charge in [-0.1, -0.05) is 0 Å². The van der Waals surface area contributed by atoms with Crippen molar-refractivity contribution in [3.8, 4) is 5.75 Å². The van der Waals surface area contributed by atoms with Gasteiger partial charge < -0.3 is 9.84 Å². The number of carbonyl (C=O) groups excluding carboxylic acids is 1. The Hall–Kier alpha value is -1.46. The number of hydrogen-bond donors (Lipinski definition) is 1. The highest BCUT2D eigenvalue weighted by Crippen LogP contribution is 2.19. The average Bonchev–Trinajstić information content (AvgIpc) is 2.36. The highest BCUT2D eigenvalue weighted by atomic mass is 19.1. The number of aromatic hydroxyl groups is 1. The number of Topliss-reactive ketones (excluding diaryl/α,β-unsaturated/α-hetero) is 1. The molecular weight excluding hydrogens is 249 g/mol. The summed E-state index contributed by atoms with van der Waals surface area (Å²) < 4.78 is 18.1. The fourth-order valence-corrected chi connectivity index (χ4v) is 1.73. The van der Waals surface area contributed by atoms with Crippen molar-refractivity contribution in [3.05, 3.63) is 29.6 Å². The Bertz CT molecular complexity index is 435. The van der Waals surface area contributed by atoms with Crippen molar-refractivity contribution in [2.45, 2.75) is 19.9 Å². The Labute approximate surface area is 112 Å². The lowest BCUT2D eigenvalue weighted by Crippen LogP contribution is -2.38. The van der Waals surface area contributed by atoms with E-state index in [2.05, 4.69) is 0 Å². The van der Waals surface area contributed by atoms with Crippen LogP contribution in [0.25, 0.3) is 0 Å². The third kappa shape index (κ3) is 4.61. The average molecular weight is 269 g/mol. The van der Waals surface area contributed by atoms with Gasteiger partial charge in [0.2, 0.25) is 0 Å². The number of benzene rings is 1. The summed E-state index contributed by atoms with van der Waals surface area (Å²) in [5.41, 5.74) is 0.0167. The molecule has 19 heavy (non-hydrogen) atoms. The first-order chi connectivity index (χ1) is 8.95. The summed E-state index contributed by atoms with van der Waals surface area (Å²) in [7, 11) is 1.60. The number of methoxy groups -OCH3 is 1. The highest BCUT2D eigenvalue weighted by Gasteiger charge is 2.18. The maximum absolute atomic E-state index is 13.1. The van der Waals surface area contributed by atoms with Gasteiger partial charge in [0.1, 0.15) is 11.6 Å². The molecule has 0 amide bonds. The molecule has 1 rings (SSSR count). The number of carbonyl (C=O) groups is 1. The number of phenolic OH excluding ortho intramolecular Hbond substituents is 1. The van der Waals surface area contributed by atoms with Gasteiger partial charge >= 0.3 is 0 Å². The van der Waals surface area contributed by atoms with Gasteiger partial charge in [0.05, 0.1) is 18.7 Å². The second-order valence-corrected chi connectivity index (χ2v) is 4.64. The summed E-state index contributed by atoms with van der Waals surface area (Å²) in [5, 5.41) is 9.60. The molecule has 0 atom stereocenters. The van der Waals surface area contributed by atoms with Gasteiger partial charge in [-0.15, -0.1) is 0 Å². The standard InChI is InChI=1S/C14H20FNO3/c1-10(2)16(6-7-19-3)9-14(18)12-8-11(15)4-5-13(12)17/h4-5,8,10,17H,6-7,9H2,1-3H3. The van der Waals surface area contributed by atoms with E-state index < -0.39 is 5.82 Å². The second-order valence-electron chi connectivity index (χ2n) is 4.64. The van der Waals surface area contributed by atoms with Crippen molar-refractivity contribution in [2.24, 2.45) is 0 Å². The number of nitrogens with zero attached hydrogens (tertiary/aromatic N) is 1. The summed E-state index contributed by atoms with van der Waals surface area (Å²) in [4.78, 5) is 14.0. The molecule has 1 aromatic rings. The Morgan fingerprint density at radius 3 is 2.74 bits per heavy atom. The Morgan fingerprint density at radius 2 is 2.16 bits per heavy atom. The topological polar surface area (TPSA) is 49.8 Å². The lowest BCUT2D eigenvalue weighted by Gasteiger charge is -2.25. The van der Waals surface area contributed by atoms with Crippen molar-refractivity contribution < 1.29 is 19.0 Å². The van der Waals surface area contributed by atoms with Gasteiger partial charge in [-0.25, -0.2) is 4.39 Å². The van der Waals surface area contributed by atoms with Crippen LogP contribution < -0.4 is 0 Å². The van der Waals surface area contributed by atoms with E-state index in [1.165, 1.54) is 6.07 Å². The first-order valence-corrected chi connectivity index (χ1v) is 6.20. The van der Waals surface area contributed by atoms with Crippen LogP contribution >= 0.6 is 0 Å². The molecule has 0 bridgehead atoms. The van der Waals surface area contributed by atoms with E-state index in [0.717, 1.165) is 12.1 Å². The third-order valence-corrected chi connectivity index (χ3v) is 2.92. The van der Waals surface area contributed by atoms with Crippen LogP contribution in [0.5, 0.6) is 5.75 Å². The van der Waals surface area contributed by atoms with Crippen LogP contribution in [0, 0.1) is 5.82 Å². The predicted molar refractivity (Wildman–Crippen MR) is 71.0 cm³/mol. The molecule has 5 heteroatoms. The highest BCUT2D eigenvalue weighted by molar-refractivity contribution is 6.00. The van der Waals surface area contributed by atoms with E-state index in [0.29, 0.717) is 13.2 Å². The Kier molecular flexibility index (Phi) is 5.92. The van der Waals surface area contributed by atoms with Gasteiger partial charge in [-0.05, 0) is 32.0 Å². The molecule has 0 spiro atoms. The molecule has 1 N–H and O–H groups in total. The fourth-order valence-electron chi connectivity index (χ4n) is 1.73. The zero-order valence-corrected chi connectivity index (χ0v) is 11.5. The number of phenols is 1. The van der Waals surface area contributed by atoms with Crippen molar-refractivity contribution in [2.75, 3.05) is 26.8 Å². The van der Waals surface area contributed by atoms with Gasteiger partial charge in [0.15, 0.2) is 5.78 Å². The summed E-state index contributed by atoms with van der Waals surface area (Å²) >= 11 is 0. The largest absolute Gasteiger partial charge is 0.507 e. The van der Waals surface area contributed by atoms with E-state index in [-0.39, 0.29) is 29.7 Å². The molecule has 0 saturated heterocycles. The van der Waals surface area contributed by atoms with Crippen molar-refractivity contribution in [1.29, 1.82) is 0 Å². The zero-order valence-electron chi connectivity index (χ0n) is 11.5. The molecule has 0 radical (unpaired) electrons. The minimum Gasteiger partial charge on any atom is -0.507 e. The Balaban J connectivity index is 2.78. The molecule has 0 fully saturated rings. The third-order valence-electron chi connectivity index (χ3n) is 2.92. The summed E-state index contributed by atoms with van der Waals surface area (Å²) in [5.74, 6) is -1.03. The second kappa shape index (κ2) is 7.21. The van der Waals surface area contributed by atoms with E-state index in [1.54, 1.807) is 7.11 Å². The van der Waals surface area contributed by atoms with Crippen LogP contribution in [-0.4, -0.2) is 48.6 Å². The first kappa shape index (κ1) is 15.6. The maximum atomic E-state index is 13.1. The van der Waals surface area contributed by atoms with Crippen molar-refractivity contribution in [3.63, 3.8) is 0 Å². The molecule has 0 saturated carbocycles. The molecule has 0 aromatic heterocycles. The first-order valence-electron chi connectivity index (χ1n) is 6.20. The SMILES string of the molecule is COCCN(CC(=O)c1cc(F)ccc1O)C(C)C. The normalized spacial score (nSPS) is 11.3. The predicted octanol–water partition coefficient (Wildman–Crippen LogP) is 2.07. The van der Waals surface area contributed by atoms with Crippen LogP contribution in [0.4, 0.5) is 4.39 Å². The van der Waals surface area contributed by atoms with Crippen LogP contribution in [0.3, 0.4) is 0 Å². The van der Waals surface area contributed by atoms with Crippen LogP contribution in [0.15, 0.2) is 18.2 Å². The number of ether oxygens (including phenoxy) is 1. The lowest BCUT2D eigenvalue weighted by atomic mass is 10.1. The molecule has 0 aliphatic rings. The number of rotatable bonds is 7. The minimum atomic E-state index is -0.533. The van der Waals surface area contributed by atoms with E-state index >= 15 is 0 Å². The number of hydrogen-bond acceptors (Lipinski definition) is 4. The van der Waals surface area contributed by atoms with Crippen LogP contribution in [0.1, 0.15) is 24.2 Å². The summed E-state index contributed by atoms with van der Waals surface area (Å²) in [6.45, 7) is 5.18. The minimum absolute atomic E-state index is 0.0167. The number of halogens is 1. The smallest absolute Gasteiger partial charge is 0.180 e. The molecule has 0 heterocycles. The van der Waals surface area contributed by atoms with E-state index in [1.807, 2.05) is 18.7 Å². The van der Waals surface area contributed by atoms with Gasteiger partial charge in [0.25, 0.3) is 0 Å². The molecule has 0 aliphatic heterocycles. The van der Waals surface area contributed by atoms with Gasteiger partial charge in [-0.2, -0.15) is 0 Å². The van der Waals surface area contributed by atoms with Gasteiger partial charge in [-0.3, -0.25) is 9.69 Å². The molecule has 1 aromatic carbocycles. The van der Waals surface area contributed by atoms with E-state index in [4.69, 9.17) is 4.74 Å². The summed E-state index contributed by atoms with van der Waals surface area (Å²) in [6.07, 6.45) is 0. The quantitative estimate of drug-likeness (QED) is 0.770. The monoisotopic (exact) mass is 269 g/mol. The Morgan fingerprint density at radius 1 is 1.47 bits per heavy atom. The molecule has 0 aliphatic carbocycles.